The lowest BCUT2D eigenvalue weighted by Gasteiger charge is -2.21. The van der Waals surface area contributed by atoms with Crippen molar-refractivity contribution in [1.29, 1.82) is 0 Å². The molecular weight excluding hydrogens is 621 g/mol. The quantitative estimate of drug-likeness (QED) is 0.143. The van der Waals surface area contributed by atoms with Crippen LogP contribution in [0.15, 0.2) is 109 Å². The summed E-state index contributed by atoms with van der Waals surface area (Å²) < 4.78 is 0. The first-order valence-electron chi connectivity index (χ1n) is 16.6. The predicted octanol–water partition coefficient (Wildman–Crippen LogP) is 12.9. The molecule has 2 aliphatic carbocycles. The summed E-state index contributed by atoms with van der Waals surface area (Å²) in [5, 5.41) is 0. The second-order valence-corrected chi connectivity index (χ2v) is 16.9. The van der Waals surface area contributed by atoms with Gasteiger partial charge in [-0.05, 0) is 131 Å². The zero-order valence-electron chi connectivity index (χ0n) is 27.4. The van der Waals surface area contributed by atoms with Gasteiger partial charge in [0.05, 0.1) is 0 Å². The van der Waals surface area contributed by atoms with E-state index in [0.717, 1.165) is 9.52 Å². The smallest absolute Gasteiger partial charge is 0.0397 e. The van der Waals surface area contributed by atoms with Gasteiger partial charge >= 0.3 is 0 Å². The van der Waals surface area contributed by atoms with E-state index in [1.807, 2.05) is 22.7 Å². The summed E-state index contributed by atoms with van der Waals surface area (Å²) in [6, 6.07) is 43.2. The van der Waals surface area contributed by atoms with Crippen LogP contribution in [0.1, 0.15) is 64.7 Å². The van der Waals surface area contributed by atoms with Crippen molar-refractivity contribution in [3.63, 3.8) is 0 Å². The molecule has 2 heterocycles. The molecule has 0 amide bonds. The van der Waals surface area contributed by atoms with Crippen molar-refractivity contribution in [1.82, 2.24) is 0 Å². The van der Waals surface area contributed by atoms with Crippen LogP contribution < -0.4 is 0 Å². The molecule has 0 saturated heterocycles. The molecule has 8 rings (SSSR count). The fraction of sp³-hybridized carbons (Fsp3) is 0.182. The highest BCUT2D eigenvalue weighted by Gasteiger charge is 2.33. The maximum absolute atomic E-state index is 2.53. The van der Waals surface area contributed by atoms with E-state index in [4.69, 9.17) is 0 Å². The summed E-state index contributed by atoms with van der Waals surface area (Å²) in [5.74, 6) is 0.833. The molecule has 0 aliphatic heterocycles. The summed E-state index contributed by atoms with van der Waals surface area (Å²) >= 11 is 3.89. The summed E-state index contributed by atoms with van der Waals surface area (Å²) in [4.78, 5) is 5.61. The molecule has 2 aliphatic rings. The standard InChI is InChI=1S/C44H38S2Si/c1-27-15-19-33-37(43(27)31-11-7-5-8-12-31)23-35(41-21-17-29(3)45-41)39(33)25-47-26-40-34-20-16-28(2)44(32-13-9-6-10-14-32)38(34)24-36(40)42-22-18-30(4)46-42/h5-24,39-40H,25-26H2,1-4H3. The van der Waals surface area contributed by atoms with E-state index >= 15 is 0 Å². The molecule has 0 bridgehead atoms. The normalized spacial score (nSPS) is 16.6. The van der Waals surface area contributed by atoms with Crippen LogP contribution in [0.3, 0.4) is 0 Å². The summed E-state index contributed by atoms with van der Waals surface area (Å²) in [7, 11) is 0.848. The molecule has 2 atom stereocenters. The van der Waals surface area contributed by atoms with Gasteiger partial charge in [0.1, 0.15) is 0 Å². The Morgan fingerprint density at radius 1 is 0.489 bits per heavy atom. The second kappa shape index (κ2) is 12.5. The van der Waals surface area contributed by atoms with Gasteiger partial charge < -0.3 is 0 Å². The van der Waals surface area contributed by atoms with E-state index in [-0.39, 0.29) is 0 Å². The van der Waals surface area contributed by atoms with Gasteiger partial charge in [-0.15, -0.1) is 22.7 Å². The van der Waals surface area contributed by atoms with Crippen molar-refractivity contribution in [2.75, 3.05) is 0 Å². The molecule has 0 saturated carbocycles. The van der Waals surface area contributed by atoms with Crippen LogP contribution in [0.25, 0.3) is 45.6 Å². The third-order valence-electron chi connectivity index (χ3n) is 9.95. The Morgan fingerprint density at radius 2 is 0.915 bits per heavy atom. The van der Waals surface area contributed by atoms with Crippen LogP contribution in [-0.2, 0) is 0 Å². The average Bonchev–Trinajstić information content (AvgIpc) is 3.87. The number of thiophene rings is 2. The zero-order valence-corrected chi connectivity index (χ0v) is 30.1. The van der Waals surface area contributed by atoms with Crippen LogP contribution in [0.4, 0.5) is 0 Å². The monoisotopic (exact) mass is 658 g/mol. The van der Waals surface area contributed by atoms with Crippen LogP contribution in [0.2, 0.25) is 12.1 Å². The van der Waals surface area contributed by atoms with E-state index in [2.05, 4.69) is 149 Å². The molecule has 0 N–H and O–H groups in total. The van der Waals surface area contributed by atoms with Crippen LogP contribution in [-0.4, -0.2) is 9.52 Å². The predicted molar refractivity (Wildman–Crippen MR) is 208 cm³/mol. The first-order chi connectivity index (χ1) is 23.0. The van der Waals surface area contributed by atoms with Crippen molar-refractivity contribution >= 4 is 55.5 Å². The fourth-order valence-corrected chi connectivity index (χ4v) is 11.2. The minimum absolute atomic E-state index is 0.416. The lowest BCUT2D eigenvalue weighted by molar-refractivity contribution is 0.956. The third kappa shape index (κ3) is 5.55. The average molecular weight is 659 g/mol. The van der Waals surface area contributed by atoms with Gasteiger partial charge in [-0.3, -0.25) is 0 Å². The number of rotatable bonds is 8. The minimum Gasteiger partial charge on any atom is -0.141 e. The number of benzene rings is 4. The van der Waals surface area contributed by atoms with Crippen molar-refractivity contribution in [2.24, 2.45) is 0 Å². The minimum atomic E-state index is 0.416. The fourth-order valence-electron chi connectivity index (χ4n) is 7.71. The van der Waals surface area contributed by atoms with Crippen molar-refractivity contribution in [3.8, 4) is 22.3 Å². The van der Waals surface area contributed by atoms with Gasteiger partial charge in [0.25, 0.3) is 0 Å². The van der Waals surface area contributed by atoms with E-state index in [0.29, 0.717) is 11.8 Å². The molecule has 2 aromatic heterocycles. The van der Waals surface area contributed by atoms with E-state index < -0.39 is 0 Å². The number of hydrogen-bond acceptors (Lipinski definition) is 2. The molecule has 2 unspecified atom stereocenters. The van der Waals surface area contributed by atoms with Gasteiger partial charge in [0.15, 0.2) is 0 Å². The Kier molecular flexibility index (Phi) is 8.09. The molecular formula is C44H38S2Si. The summed E-state index contributed by atoms with van der Waals surface area (Å²) in [6.45, 7) is 9.00. The molecule has 0 fully saturated rings. The first kappa shape index (κ1) is 30.3. The molecule has 6 aromatic rings. The van der Waals surface area contributed by atoms with Crippen molar-refractivity contribution < 1.29 is 0 Å². The van der Waals surface area contributed by atoms with E-state index in [1.54, 1.807) is 0 Å². The van der Waals surface area contributed by atoms with Gasteiger partial charge in [0.2, 0.25) is 0 Å². The molecule has 230 valence electrons. The topological polar surface area (TPSA) is 0 Å². The zero-order chi connectivity index (χ0) is 32.1. The molecule has 4 aromatic carbocycles. The highest BCUT2D eigenvalue weighted by atomic mass is 32.1. The van der Waals surface area contributed by atoms with E-state index in [1.165, 1.54) is 98.4 Å². The number of hydrogen-bond donors (Lipinski definition) is 0. The molecule has 0 spiro atoms. The first-order valence-corrected chi connectivity index (χ1v) is 19.7. The second-order valence-electron chi connectivity index (χ2n) is 13.0. The maximum atomic E-state index is 2.53. The lowest BCUT2D eigenvalue weighted by Crippen LogP contribution is -2.07. The van der Waals surface area contributed by atoms with Crippen LogP contribution >= 0.6 is 22.7 Å². The molecule has 2 radical (unpaired) electrons. The summed E-state index contributed by atoms with van der Waals surface area (Å²) in [5.41, 5.74) is 17.0. The van der Waals surface area contributed by atoms with Crippen LogP contribution in [0.5, 0.6) is 0 Å². The SMILES string of the molecule is Cc1ccc(C2=Cc3c(ccc(C)c3-c3ccccc3)C2C[Si]CC2C(c3ccc(C)s3)=Cc3c2ccc(C)c3-c2ccccc2)s1. The molecule has 47 heavy (non-hydrogen) atoms. The highest BCUT2D eigenvalue weighted by Crippen LogP contribution is 2.52. The lowest BCUT2D eigenvalue weighted by atomic mass is 9.90. The summed E-state index contributed by atoms with van der Waals surface area (Å²) in [6.07, 6.45) is 5.06. The van der Waals surface area contributed by atoms with Gasteiger partial charge in [0, 0.05) is 40.9 Å². The number of fused-ring (bicyclic) bond motifs is 2. The van der Waals surface area contributed by atoms with Gasteiger partial charge in [-0.1, -0.05) is 97.0 Å². The number of aryl methyl sites for hydroxylation is 4. The highest BCUT2D eigenvalue weighted by molar-refractivity contribution is 7.13. The maximum Gasteiger partial charge on any atom is 0.0397 e. The van der Waals surface area contributed by atoms with Crippen molar-refractivity contribution in [3.05, 3.63) is 162 Å². The Bertz CT molecular complexity index is 2000. The number of allylic oxidation sites excluding steroid dienone is 2. The largest absolute Gasteiger partial charge is 0.141 e. The van der Waals surface area contributed by atoms with Crippen LogP contribution in [0, 0.1) is 27.7 Å². The Morgan fingerprint density at radius 3 is 1.30 bits per heavy atom. The Labute approximate surface area is 290 Å². The molecule has 0 nitrogen and oxygen atoms in total. The van der Waals surface area contributed by atoms with E-state index in [9.17, 15) is 0 Å². The van der Waals surface area contributed by atoms with Gasteiger partial charge in [-0.2, -0.15) is 0 Å². The molecule has 3 heteroatoms. The third-order valence-corrected chi connectivity index (χ3v) is 13.4. The van der Waals surface area contributed by atoms with Gasteiger partial charge in [-0.25, -0.2) is 0 Å². The Hall–Kier alpha value is -4.02. The van der Waals surface area contributed by atoms with Crippen molar-refractivity contribution in [2.45, 2.75) is 51.6 Å². The Balaban J connectivity index is 1.15.